The number of halogens is 1. The Kier molecular flexibility index (Phi) is 8.25. The smallest absolute Gasteiger partial charge is 0.237 e. The highest BCUT2D eigenvalue weighted by atomic mass is 79.9. The Labute approximate surface area is 124 Å². The summed E-state index contributed by atoms with van der Waals surface area (Å²) in [6.45, 7) is 2.22. The third kappa shape index (κ3) is 6.59. The first-order valence-corrected chi connectivity index (χ1v) is 7.82. The van der Waals surface area contributed by atoms with Crippen LogP contribution >= 0.6 is 15.9 Å². The molecule has 0 aliphatic rings. The van der Waals surface area contributed by atoms with E-state index < -0.39 is 0 Å². The van der Waals surface area contributed by atoms with E-state index in [9.17, 15) is 4.79 Å². The monoisotopic (exact) mass is 320 g/mol. The zero-order valence-electron chi connectivity index (χ0n) is 11.5. The number of Topliss-reactive ketones (excluding diaryl/α,β-unsaturated/α-hetero) is 1. The van der Waals surface area contributed by atoms with Crippen LogP contribution in [-0.2, 0) is 0 Å². The lowest BCUT2D eigenvalue weighted by Crippen LogP contribution is -1.95. The average Bonchev–Trinajstić information content (AvgIpc) is 2.42. The van der Waals surface area contributed by atoms with Crippen LogP contribution < -0.4 is 0 Å². The Morgan fingerprint density at radius 3 is 2.53 bits per heavy atom. The molecule has 19 heavy (non-hydrogen) atoms. The van der Waals surface area contributed by atoms with Gasteiger partial charge in [-0.05, 0) is 24.5 Å². The van der Waals surface area contributed by atoms with Crippen molar-refractivity contribution in [3.63, 3.8) is 0 Å². The molecule has 0 fully saturated rings. The molecule has 1 rings (SSSR count). The third-order valence-electron chi connectivity index (χ3n) is 2.98. The zero-order chi connectivity index (χ0) is 13.9. The maximum atomic E-state index is 11.8. The van der Waals surface area contributed by atoms with Crippen LogP contribution in [0.3, 0.4) is 0 Å². The molecule has 0 saturated carbocycles. The van der Waals surface area contributed by atoms with Crippen LogP contribution in [-0.4, -0.2) is 5.78 Å². The molecule has 0 aromatic heterocycles. The summed E-state index contributed by atoms with van der Waals surface area (Å²) in [6, 6.07) is 7.41. The number of hydrogen-bond donors (Lipinski definition) is 0. The van der Waals surface area contributed by atoms with Gasteiger partial charge in [-0.2, -0.15) is 0 Å². The predicted molar refractivity (Wildman–Crippen MR) is 84.2 cm³/mol. The van der Waals surface area contributed by atoms with Crippen molar-refractivity contribution in [3.8, 4) is 11.8 Å². The molecule has 0 saturated heterocycles. The predicted octanol–water partition coefficient (Wildman–Crippen LogP) is 5.39. The molecule has 0 bridgehead atoms. The van der Waals surface area contributed by atoms with Gasteiger partial charge in [0.1, 0.15) is 0 Å². The number of carbonyl (C=O) groups is 1. The minimum atomic E-state index is -0.0987. The molecule has 0 aliphatic heterocycles. The molecule has 0 amide bonds. The highest BCUT2D eigenvalue weighted by molar-refractivity contribution is 9.10. The minimum Gasteiger partial charge on any atom is -0.279 e. The van der Waals surface area contributed by atoms with Crippen LogP contribution in [0, 0.1) is 11.8 Å². The van der Waals surface area contributed by atoms with E-state index in [-0.39, 0.29) is 5.78 Å². The molecule has 0 unspecified atom stereocenters. The number of carbonyl (C=O) groups excluding carboxylic acids is 1. The van der Waals surface area contributed by atoms with Gasteiger partial charge in [0.15, 0.2) is 0 Å². The number of rotatable bonds is 7. The van der Waals surface area contributed by atoms with E-state index in [0.29, 0.717) is 5.56 Å². The lowest BCUT2D eigenvalue weighted by Gasteiger charge is -1.97. The molecule has 0 spiro atoms. The lowest BCUT2D eigenvalue weighted by atomic mass is 10.1. The van der Waals surface area contributed by atoms with Gasteiger partial charge in [0.05, 0.1) is 0 Å². The fraction of sp³-hybridized carbons (Fsp3) is 0.471. The highest BCUT2D eigenvalue weighted by Crippen LogP contribution is 2.15. The number of unbranched alkanes of at least 4 members (excludes halogenated alkanes) is 6. The first-order valence-electron chi connectivity index (χ1n) is 7.03. The SMILES string of the molecule is CCCCCCCCC#CC(=O)c1ccccc1Br. The van der Waals surface area contributed by atoms with Gasteiger partial charge in [-0.3, -0.25) is 4.79 Å². The van der Waals surface area contributed by atoms with E-state index in [1.807, 2.05) is 18.2 Å². The second kappa shape index (κ2) is 9.81. The van der Waals surface area contributed by atoms with Gasteiger partial charge >= 0.3 is 0 Å². The maximum absolute atomic E-state index is 11.8. The van der Waals surface area contributed by atoms with Crippen molar-refractivity contribution >= 4 is 21.7 Å². The fourth-order valence-corrected chi connectivity index (χ4v) is 2.31. The van der Waals surface area contributed by atoms with Crippen molar-refractivity contribution in [2.75, 3.05) is 0 Å². The van der Waals surface area contributed by atoms with Crippen molar-refractivity contribution in [2.24, 2.45) is 0 Å². The molecule has 0 aliphatic carbocycles. The van der Waals surface area contributed by atoms with Crippen LogP contribution in [0.5, 0.6) is 0 Å². The zero-order valence-corrected chi connectivity index (χ0v) is 13.1. The summed E-state index contributed by atoms with van der Waals surface area (Å²) in [5.41, 5.74) is 0.651. The number of ketones is 1. The van der Waals surface area contributed by atoms with Gasteiger partial charge in [0.25, 0.3) is 0 Å². The highest BCUT2D eigenvalue weighted by Gasteiger charge is 2.05. The Hall–Kier alpha value is -1.07. The second-order valence-electron chi connectivity index (χ2n) is 4.63. The van der Waals surface area contributed by atoms with E-state index in [1.165, 1.54) is 32.1 Å². The molecule has 0 N–H and O–H groups in total. The van der Waals surface area contributed by atoms with Crippen molar-refractivity contribution in [3.05, 3.63) is 34.3 Å². The topological polar surface area (TPSA) is 17.1 Å². The summed E-state index contributed by atoms with van der Waals surface area (Å²) in [5.74, 6) is 5.61. The summed E-state index contributed by atoms with van der Waals surface area (Å²) in [6.07, 6.45) is 8.35. The standard InChI is InChI=1S/C17H21BrO/c1-2-3-4-5-6-7-8-9-14-17(19)15-12-10-11-13-16(15)18/h10-13H,2-8H2,1H3. The van der Waals surface area contributed by atoms with E-state index in [2.05, 4.69) is 34.7 Å². The van der Waals surface area contributed by atoms with Gasteiger partial charge in [-0.1, -0.05) is 73.0 Å². The molecule has 1 aromatic rings. The minimum absolute atomic E-state index is 0.0987. The van der Waals surface area contributed by atoms with E-state index in [1.54, 1.807) is 6.07 Å². The average molecular weight is 321 g/mol. The van der Waals surface area contributed by atoms with Gasteiger partial charge < -0.3 is 0 Å². The molecular formula is C17H21BrO. The molecule has 102 valence electrons. The lowest BCUT2D eigenvalue weighted by molar-refractivity contribution is 0.105. The molecule has 1 aromatic carbocycles. The van der Waals surface area contributed by atoms with Crippen LogP contribution in [0.1, 0.15) is 62.2 Å². The molecule has 2 heteroatoms. The Morgan fingerprint density at radius 2 is 1.79 bits per heavy atom. The summed E-state index contributed by atoms with van der Waals surface area (Å²) < 4.78 is 0.814. The van der Waals surface area contributed by atoms with Crippen LogP contribution in [0.4, 0.5) is 0 Å². The largest absolute Gasteiger partial charge is 0.279 e. The van der Waals surface area contributed by atoms with Crippen LogP contribution in [0.15, 0.2) is 28.7 Å². The van der Waals surface area contributed by atoms with Crippen molar-refractivity contribution in [1.82, 2.24) is 0 Å². The Morgan fingerprint density at radius 1 is 1.11 bits per heavy atom. The van der Waals surface area contributed by atoms with Gasteiger partial charge in [-0.15, -0.1) is 0 Å². The van der Waals surface area contributed by atoms with Crippen LogP contribution in [0.25, 0.3) is 0 Å². The molecule has 0 atom stereocenters. The first-order chi connectivity index (χ1) is 9.25. The van der Waals surface area contributed by atoms with E-state index in [0.717, 1.165) is 17.3 Å². The fourth-order valence-electron chi connectivity index (χ4n) is 1.85. The third-order valence-corrected chi connectivity index (χ3v) is 3.67. The van der Waals surface area contributed by atoms with Crippen LogP contribution in [0.2, 0.25) is 0 Å². The van der Waals surface area contributed by atoms with E-state index >= 15 is 0 Å². The maximum Gasteiger partial charge on any atom is 0.237 e. The van der Waals surface area contributed by atoms with Crippen molar-refractivity contribution in [1.29, 1.82) is 0 Å². The Balaban J connectivity index is 2.27. The van der Waals surface area contributed by atoms with Crippen molar-refractivity contribution < 1.29 is 4.79 Å². The Bertz CT molecular complexity index is 454. The van der Waals surface area contributed by atoms with Gasteiger partial charge in [0, 0.05) is 16.5 Å². The quantitative estimate of drug-likeness (QED) is 0.285. The number of hydrogen-bond acceptors (Lipinski definition) is 1. The second-order valence-corrected chi connectivity index (χ2v) is 5.48. The van der Waals surface area contributed by atoms with Crippen molar-refractivity contribution in [2.45, 2.75) is 51.9 Å². The normalized spacial score (nSPS) is 9.79. The summed E-state index contributed by atoms with van der Waals surface area (Å²) in [5, 5.41) is 0. The summed E-state index contributed by atoms with van der Waals surface area (Å²) in [4.78, 5) is 11.8. The van der Waals surface area contributed by atoms with E-state index in [4.69, 9.17) is 0 Å². The molecule has 1 nitrogen and oxygen atoms in total. The molecule has 0 radical (unpaired) electrons. The molecular weight excluding hydrogens is 300 g/mol. The summed E-state index contributed by atoms with van der Waals surface area (Å²) in [7, 11) is 0. The number of benzene rings is 1. The first kappa shape index (κ1) is 16.0. The summed E-state index contributed by atoms with van der Waals surface area (Å²) >= 11 is 3.37. The van der Waals surface area contributed by atoms with Gasteiger partial charge in [0.2, 0.25) is 5.78 Å². The van der Waals surface area contributed by atoms with Gasteiger partial charge in [-0.25, -0.2) is 0 Å². The molecule has 0 heterocycles.